The molecule has 1 aromatic heterocycles. The Morgan fingerprint density at radius 2 is 1.92 bits per heavy atom. The summed E-state index contributed by atoms with van der Waals surface area (Å²) in [5, 5.41) is 15.3. The molecule has 1 heterocycles. The zero-order chi connectivity index (χ0) is 18.5. The number of nitrogens with one attached hydrogen (secondary N) is 2. The van der Waals surface area contributed by atoms with Gasteiger partial charge < -0.3 is 10.6 Å². The number of hydrogen-bond donors (Lipinski definition) is 2. The van der Waals surface area contributed by atoms with E-state index in [-0.39, 0.29) is 5.91 Å². The van der Waals surface area contributed by atoms with E-state index in [1.165, 1.54) is 12.4 Å². The normalized spacial score (nSPS) is 10.0. The summed E-state index contributed by atoms with van der Waals surface area (Å²) in [5.74, 6) is 0.00368. The molecule has 0 saturated carbocycles. The first-order valence-corrected chi connectivity index (χ1v) is 8.10. The molecule has 2 aromatic carbocycles. The maximum absolute atomic E-state index is 12.3. The van der Waals surface area contributed by atoms with Crippen LogP contribution in [0.2, 0.25) is 5.02 Å². The Balaban J connectivity index is 1.71. The van der Waals surface area contributed by atoms with E-state index >= 15 is 0 Å². The Kier molecular flexibility index (Phi) is 5.11. The lowest BCUT2D eigenvalue weighted by Gasteiger charge is -2.09. The molecule has 0 spiro atoms. The minimum atomic E-state index is -0.356. The van der Waals surface area contributed by atoms with Crippen molar-refractivity contribution in [3.63, 3.8) is 0 Å². The highest BCUT2D eigenvalue weighted by molar-refractivity contribution is 6.30. The number of nitrogens with zero attached hydrogens (tertiary/aromatic N) is 3. The van der Waals surface area contributed by atoms with Crippen LogP contribution in [0.3, 0.4) is 0 Å². The number of aryl methyl sites for hydroxylation is 1. The fourth-order valence-corrected chi connectivity index (χ4v) is 2.40. The van der Waals surface area contributed by atoms with Crippen LogP contribution in [-0.2, 0) is 0 Å². The zero-order valence-corrected chi connectivity index (χ0v) is 14.6. The van der Waals surface area contributed by atoms with Gasteiger partial charge in [0.2, 0.25) is 5.95 Å². The molecule has 0 aliphatic heterocycles. The number of carbonyl (C=O) groups is 1. The number of carbonyl (C=O) groups excluding carboxylic acids is 1. The van der Waals surface area contributed by atoms with Crippen LogP contribution in [0.15, 0.2) is 54.9 Å². The van der Waals surface area contributed by atoms with Gasteiger partial charge in [-0.3, -0.25) is 4.79 Å². The second kappa shape index (κ2) is 7.64. The second-order valence-corrected chi connectivity index (χ2v) is 5.96. The van der Waals surface area contributed by atoms with Crippen molar-refractivity contribution in [2.75, 3.05) is 10.6 Å². The molecule has 3 rings (SSSR count). The molecule has 128 valence electrons. The van der Waals surface area contributed by atoms with Crippen LogP contribution < -0.4 is 10.6 Å². The molecule has 3 aromatic rings. The van der Waals surface area contributed by atoms with Crippen molar-refractivity contribution < 1.29 is 4.79 Å². The zero-order valence-electron chi connectivity index (χ0n) is 13.8. The van der Waals surface area contributed by atoms with Crippen molar-refractivity contribution in [1.82, 2.24) is 9.97 Å². The summed E-state index contributed by atoms with van der Waals surface area (Å²) in [6, 6.07) is 14.2. The highest BCUT2D eigenvalue weighted by Crippen LogP contribution is 2.22. The van der Waals surface area contributed by atoms with Gasteiger partial charge in [0.1, 0.15) is 0 Å². The molecule has 0 unspecified atom stereocenters. The number of amides is 1. The maximum Gasteiger partial charge on any atom is 0.258 e. The molecule has 0 saturated heterocycles. The Labute approximate surface area is 155 Å². The number of anilines is 3. The highest BCUT2D eigenvalue weighted by atomic mass is 35.5. The molecular weight excluding hydrogens is 350 g/mol. The van der Waals surface area contributed by atoms with Gasteiger partial charge in [0.05, 0.1) is 17.2 Å². The summed E-state index contributed by atoms with van der Waals surface area (Å²) in [5.41, 5.74) is 3.10. The van der Waals surface area contributed by atoms with Crippen LogP contribution >= 0.6 is 11.6 Å². The lowest BCUT2D eigenvalue weighted by atomic mass is 10.2. The summed E-state index contributed by atoms with van der Waals surface area (Å²) in [6.45, 7) is 1.94. The largest absolute Gasteiger partial charge is 0.324 e. The Hall–Kier alpha value is -3.43. The van der Waals surface area contributed by atoms with Gasteiger partial charge in [0.25, 0.3) is 5.91 Å². The molecular formula is C19H14ClN5O. The standard InChI is InChI=1S/C19H14ClN5O/c1-12-5-6-15(20)8-17(12)25-19-22-10-14(11-23-19)18(26)24-16-4-2-3-13(7-16)9-21/h2-8,10-11H,1H3,(H,24,26)(H,22,23,25). The van der Waals surface area contributed by atoms with Crippen LogP contribution in [0.25, 0.3) is 0 Å². The van der Waals surface area contributed by atoms with Gasteiger partial charge in [-0.2, -0.15) is 5.26 Å². The summed E-state index contributed by atoms with van der Waals surface area (Å²) >= 11 is 5.99. The first kappa shape index (κ1) is 17.4. The molecule has 0 radical (unpaired) electrons. The molecule has 7 heteroatoms. The summed E-state index contributed by atoms with van der Waals surface area (Å²) in [4.78, 5) is 20.6. The number of nitriles is 1. The molecule has 1 amide bonds. The fourth-order valence-electron chi connectivity index (χ4n) is 2.23. The lowest BCUT2D eigenvalue weighted by molar-refractivity contribution is 0.102. The molecule has 2 N–H and O–H groups in total. The number of halogens is 1. The average molecular weight is 364 g/mol. The maximum atomic E-state index is 12.3. The van der Waals surface area contributed by atoms with E-state index in [4.69, 9.17) is 16.9 Å². The number of hydrogen-bond acceptors (Lipinski definition) is 5. The van der Waals surface area contributed by atoms with Gasteiger partial charge in [-0.1, -0.05) is 23.7 Å². The van der Waals surface area contributed by atoms with Gasteiger partial charge in [0.15, 0.2) is 0 Å². The third kappa shape index (κ3) is 4.15. The predicted molar refractivity (Wildman–Crippen MR) is 101 cm³/mol. The topological polar surface area (TPSA) is 90.7 Å². The lowest BCUT2D eigenvalue weighted by Crippen LogP contribution is -2.13. The molecule has 26 heavy (non-hydrogen) atoms. The van der Waals surface area contributed by atoms with Crippen LogP contribution in [-0.4, -0.2) is 15.9 Å². The van der Waals surface area contributed by atoms with Crippen molar-refractivity contribution >= 4 is 34.8 Å². The number of aromatic nitrogens is 2. The van der Waals surface area contributed by atoms with Crippen LogP contribution in [0.5, 0.6) is 0 Å². The smallest absolute Gasteiger partial charge is 0.258 e. The van der Waals surface area contributed by atoms with Gasteiger partial charge in [-0.25, -0.2) is 9.97 Å². The Bertz CT molecular complexity index is 996. The first-order valence-electron chi connectivity index (χ1n) is 7.72. The van der Waals surface area contributed by atoms with E-state index in [0.717, 1.165) is 11.3 Å². The Morgan fingerprint density at radius 1 is 1.15 bits per heavy atom. The molecule has 0 bridgehead atoms. The first-order chi connectivity index (χ1) is 12.5. The SMILES string of the molecule is Cc1ccc(Cl)cc1Nc1ncc(C(=O)Nc2cccc(C#N)c2)cn1. The third-order valence-electron chi connectivity index (χ3n) is 3.61. The van der Waals surface area contributed by atoms with Crippen molar-refractivity contribution in [2.24, 2.45) is 0 Å². The van der Waals surface area contributed by atoms with Gasteiger partial charge in [0, 0.05) is 28.8 Å². The van der Waals surface area contributed by atoms with Crippen molar-refractivity contribution in [3.05, 3.63) is 76.6 Å². The van der Waals surface area contributed by atoms with E-state index in [1.807, 2.05) is 19.1 Å². The van der Waals surface area contributed by atoms with E-state index in [0.29, 0.717) is 27.8 Å². The Morgan fingerprint density at radius 3 is 2.65 bits per heavy atom. The molecule has 0 fully saturated rings. The quantitative estimate of drug-likeness (QED) is 0.720. The number of benzene rings is 2. The van der Waals surface area contributed by atoms with Gasteiger partial charge in [-0.15, -0.1) is 0 Å². The minimum absolute atomic E-state index is 0.306. The monoisotopic (exact) mass is 363 g/mol. The predicted octanol–water partition coefficient (Wildman–Crippen LogP) is 4.31. The number of rotatable bonds is 4. The van der Waals surface area contributed by atoms with E-state index in [2.05, 4.69) is 20.6 Å². The van der Waals surface area contributed by atoms with E-state index in [1.54, 1.807) is 36.4 Å². The fraction of sp³-hybridized carbons (Fsp3) is 0.0526. The summed E-state index contributed by atoms with van der Waals surface area (Å²) in [7, 11) is 0. The minimum Gasteiger partial charge on any atom is -0.324 e. The van der Waals surface area contributed by atoms with Gasteiger partial charge in [-0.05, 0) is 42.8 Å². The van der Waals surface area contributed by atoms with E-state index < -0.39 is 0 Å². The van der Waals surface area contributed by atoms with Crippen LogP contribution in [0, 0.1) is 18.3 Å². The van der Waals surface area contributed by atoms with Crippen molar-refractivity contribution in [3.8, 4) is 6.07 Å². The molecule has 6 nitrogen and oxygen atoms in total. The van der Waals surface area contributed by atoms with Crippen molar-refractivity contribution in [2.45, 2.75) is 6.92 Å². The van der Waals surface area contributed by atoms with E-state index in [9.17, 15) is 4.79 Å². The van der Waals surface area contributed by atoms with Gasteiger partial charge >= 0.3 is 0 Å². The second-order valence-electron chi connectivity index (χ2n) is 5.53. The molecule has 0 atom stereocenters. The van der Waals surface area contributed by atoms with Crippen LogP contribution in [0.4, 0.5) is 17.3 Å². The highest BCUT2D eigenvalue weighted by Gasteiger charge is 2.09. The molecule has 0 aliphatic carbocycles. The summed E-state index contributed by atoms with van der Waals surface area (Å²) in [6.07, 6.45) is 2.86. The summed E-state index contributed by atoms with van der Waals surface area (Å²) < 4.78 is 0. The molecule has 0 aliphatic rings. The third-order valence-corrected chi connectivity index (χ3v) is 3.84. The van der Waals surface area contributed by atoms with Crippen molar-refractivity contribution in [1.29, 1.82) is 5.26 Å². The average Bonchev–Trinajstić information content (AvgIpc) is 2.65. The van der Waals surface area contributed by atoms with Crippen LogP contribution in [0.1, 0.15) is 21.5 Å².